The minimum Gasteiger partial charge on any atom is -0.349 e. The average Bonchev–Trinajstić information content (AvgIpc) is 2.95. The molecule has 1 amide bonds. The Labute approximate surface area is 107 Å². The maximum absolute atomic E-state index is 11.9. The van der Waals surface area contributed by atoms with E-state index in [0.29, 0.717) is 17.7 Å². The van der Waals surface area contributed by atoms with Gasteiger partial charge in [-0.15, -0.1) is 5.10 Å². The van der Waals surface area contributed by atoms with Crippen LogP contribution in [-0.4, -0.2) is 27.6 Å². The van der Waals surface area contributed by atoms with E-state index in [9.17, 15) is 4.79 Å². The van der Waals surface area contributed by atoms with Crippen molar-refractivity contribution in [2.75, 3.05) is 6.54 Å². The number of amides is 1. The molecule has 5 heteroatoms. The highest BCUT2D eigenvalue weighted by molar-refractivity contribution is 5.90. The van der Waals surface area contributed by atoms with Crippen molar-refractivity contribution in [1.29, 1.82) is 0 Å². The number of carbonyl (C=O) groups is 1. The number of hydrogen-bond donors (Lipinski definition) is 2. The van der Waals surface area contributed by atoms with E-state index in [1.54, 1.807) is 0 Å². The summed E-state index contributed by atoms with van der Waals surface area (Å²) >= 11 is 0. The summed E-state index contributed by atoms with van der Waals surface area (Å²) in [7, 11) is 0. The van der Waals surface area contributed by atoms with Gasteiger partial charge in [-0.25, -0.2) is 4.98 Å². The van der Waals surface area contributed by atoms with E-state index in [0.717, 1.165) is 31.1 Å². The van der Waals surface area contributed by atoms with Gasteiger partial charge in [-0.1, -0.05) is 19.8 Å². The summed E-state index contributed by atoms with van der Waals surface area (Å²) in [6.07, 6.45) is 6.12. The Morgan fingerprint density at radius 1 is 1.39 bits per heavy atom. The molecule has 1 aromatic heterocycles. The molecule has 0 spiro atoms. The first kappa shape index (κ1) is 11.7. The molecule has 0 aliphatic heterocycles. The van der Waals surface area contributed by atoms with E-state index in [1.165, 1.54) is 19.3 Å². The fourth-order valence-corrected chi connectivity index (χ4v) is 2.74. The van der Waals surface area contributed by atoms with E-state index in [2.05, 4.69) is 27.4 Å². The van der Waals surface area contributed by atoms with Gasteiger partial charge in [0, 0.05) is 12.5 Å². The lowest BCUT2D eigenvalue weighted by Crippen LogP contribution is -2.31. The monoisotopic (exact) mass is 248 g/mol. The highest BCUT2D eigenvalue weighted by Gasteiger charge is 2.28. The van der Waals surface area contributed by atoms with Crippen LogP contribution in [0.3, 0.4) is 0 Å². The second-order valence-electron chi connectivity index (χ2n) is 5.70. The zero-order valence-corrected chi connectivity index (χ0v) is 10.8. The molecule has 2 fully saturated rings. The van der Waals surface area contributed by atoms with Crippen molar-refractivity contribution in [3.63, 3.8) is 0 Å². The van der Waals surface area contributed by atoms with Gasteiger partial charge in [0.25, 0.3) is 5.91 Å². The van der Waals surface area contributed by atoms with Crippen molar-refractivity contribution in [3.8, 4) is 0 Å². The molecule has 2 aliphatic rings. The zero-order valence-electron chi connectivity index (χ0n) is 10.8. The quantitative estimate of drug-likeness (QED) is 0.854. The molecule has 2 saturated carbocycles. The van der Waals surface area contributed by atoms with Crippen LogP contribution in [0, 0.1) is 11.8 Å². The maximum Gasteiger partial charge on any atom is 0.290 e. The van der Waals surface area contributed by atoms with E-state index >= 15 is 0 Å². The summed E-state index contributed by atoms with van der Waals surface area (Å²) in [6, 6.07) is 0. The smallest absolute Gasteiger partial charge is 0.290 e. The minimum atomic E-state index is -0.141. The van der Waals surface area contributed by atoms with Crippen LogP contribution in [0.1, 0.15) is 61.4 Å². The van der Waals surface area contributed by atoms with Crippen molar-refractivity contribution >= 4 is 5.91 Å². The summed E-state index contributed by atoms with van der Waals surface area (Å²) in [5.74, 6) is 2.87. The number of hydrogen-bond acceptors (Lipinski definition) is 3. The van der Waals surface area contributed by atoms with Gasteiger partial charge >= 0.3 is 0 Å². The van der Waals surface area contributed by atoms with Crippen LogP contribution in [0.4, 0.5) is 0 Å². The van der Waals surface area contributed by atoms with Crippen molar-refractivity contribution in [2.45, 2.75) is 44.9 Å². The van der Waals surface area contributed by atoms with Crippen LogP contribution < -0.4 is 5.32 Å². The first-order valence-electron chi connectivity index (χ1n) is 6.94. The van der Waals surface area contributed by atoms with Gasteiger partial charge in [-0.3, -0.25) is 9.89 Å². The highest BCUT2D eigenvalue weighted by Crippen LogP contribution is 2.37. The Kier molecular flexibility index (Phi) is 3.06. The number of nitrogens with zero attached hydrogens (tertiary/aromatic N) is 2. The number of nitrogens with one attached hydrogen (secondary N) is 2. The van der Waals surface area contributed by atoms with E-state index in [-0.39, 0.29) is 5.91 Å². The van der Waals surface area contributed by atoms with Crippen molar-refractivity contribution in [1.82, 2.24) is 20.5 Å². The van der Waals surface area contributed by atoms with Crippen LogP contribution in [0.5, 0.6) is 0 Å². The van der Waals surface area contributed by atoms with Gasteiger partial charge in [0.05, 0.1) is 0 Å². The molecule has 98 valence electrons. The fraction of sp³-hybridized carbons (Fsp3) is 0.769. The Morgan fingerprint density at radius 3 is 2.89 bits per heavy atom. The Balaban J connectivity index is 1.53. The van der Waals surface area contributed by atoms with E-state index < -0.39 is 0 Å². The summed E-state index contributed by atoms with van der Waals surface area (Å²) in [5, 5.41) is 9.82. The largest absolute Gasteiger partial charge is 0.349 e. The number of aromatic amines is 1. The molecule has 0 radical (unpaired) electrons. The topological polar surface area (TPSA) is 70.7 Å². The Morgan fingerprint density at radius 2 is 2.22 bits per heavy atom. The molecule has 1 aromatic rings. The van der Waals surface area contributed by atoms with Crippen LogP contribution >= 0.6 is 0 Å². The summed E-state index contributed by atoms with van der Waals surface area (Å²) in [6.45, 7) is 3.02. The lowest BCUT2D eigenvalue weighted by molar-refractivity contribution is 0.0934. The lowest BCUT2D eigenvalue weighted by atomic mass is 9.98. The van der Waals surface area contributed by atoms with Crippen molar-refractivity contribution < 1.29 is 4.79 Å². The van der Waals surface area contributed by atoms with Crippen LogP contribution in [0.2, 0.25) is 0 Å². The maximum atomic E-state index is 11.9. The number of H-pyrrole nitrogens is 1. The van der Waals surface area contributed by atoms with Crippen LogP contribution in [0.15, 0.2) is 0 Å². The van der Waals surface area contributed by atoms with Gasteiger partial charge in [-0.2, -0.15) is 0 Å². The molecule has 2 unspecified atom stereocenters. The molecule has 18 heavy (non-hydrogen) atoms. The van der Waals surface area contributed by atoms with Gasteiger partial charge < -0.3 is 5.32 Å². The van der Waals surface area contributed by atoms with Gasteiger partial charge in [0.1, 0.15) is 5.82 Å². The first-order valence-corrected chi connectivity index (χ1v) is 6.94. The second-order valence-corrected chi connectivity index (χ2v) is 5.70. The lowest BCUT2D eigenvalue weighted by Gasteiger charge is -2.14. The highest BCUT2D eigenvalue weighted by atomic mass is 16.2. The second kappa shape index (κ2) is 4.71. The predicted molar refractivity (Wildman–Crippen MR) is 67.2 cm³/mol. The van der Waals surface area contributed by atoms with Crippen LogP contribution in [0.25, 0.3) is 0 Å². The standard InChI is InChI=1S/C13H20N4O/c1-8-3-2-4-10(8)7-14-13(18)12-15-11(16-17-12)9-5-6-9/h8-10H,2-7H2,1H3,(H,14,18)(H,15,16,17). The summed E-state index contributed by atoms with van der Waals surface area (Å²) < 4.78 is 0. The molecule has 0 bridgehead atoms. The zero-order chi connectivity index (χ0) is 12.5. The normalized spacial score (nSPS) is 27.4. The number of carbonyl (C=O) groups excluding carboxylic acids is 1. The molecule has 3 rings (SSSR count). The molecule has 5 nitrogen and oxygen atoms in total. The molecule has 0 saturated heterocycles. The van der Waals surface area contributed by atoms with Crippen molar-refractivity contribution in [2.24, 2.45) is 11.8 Å². The SMILES string of the molecule is CC1CCCC1CNC(=O)c1n[nH]c(C2CC2)n1. The molecule has 1 heterocycles. The Bertz CT molecular complexity index is 438. The van der Waals surface area contributed by atoms with Gasteiger partial charge in [0.2, 0.25) is 5.82 Å². The molecule has 2 N–H and O–H groups in total. The first-order chi connectivity index (χ1) is 8.74. The van der Waals surface area contributed by atoms with E-state index in [4.69, 9.17) is 0 Å². The van der Waals surface area contributed by atoms with Crippen LogP contribution in [-0.2, 0) is 0 Å². The number of rotatable bonds is 4. The fourth-order valence-electron chi connectivity index (χ4n) is 2.74. The third-order valence-corrected chi connectivity index (χ3v) is 4.23. The van der Waals surface area contributed by atoms with Crippen molar-refractivity contribution in [3.05, 3.63) is 11.6 Å². The van der Waals surface area contributed by atoms with E-state index in [1.807, 2.05) is 0 Å². The van der Waals surface area contributed by atoms with Gasteiger partial charge in [-0.05, 0) is 31.1 Å². The summed E-state index contributed by atoms with van der Waals surface area (Å²) in [5.41, 5.74) is 0. The molecule has 2 atom stereocenters. The number of aromatic nitrogens is 3. The average molecular weight is 248 g/mol. The minimum absolute atomic E-state index is 0.141. The molecule has 2 aliphatic carbocycles. The third-order valence-electron chi connectivity index (χ3n) is 4.23. The summed E-state index contributed by atoms with van der Waals surface area (Å²) in [4.78, 5) is 16.2. The third kappa shape index (κ3) is 2.40. The molecular formula is C13H20N4O. The molecular weight excluding hydrogens is 228 g/mol. The Hall–Kier alpha value is -1.39. The molecule has 0 aromatic carbocycles. The predicted octanol–water partition coefficient (Wildman–Crippen LogP) is 1.85. The van der Waals surface area contributed by atoms with Gasteiger partial charge in [0.15, 0.2) is 0 Å².